The van der Waals surface area contributed by atoms with Crippen molar-refractivity contribution in [2.75, 3.05) is 6.54 Å². The molecule has 22 heavy (non-hydrogen) atoms. The number of aromatic nitrogens is 4. The Morgan fingerprint density at radius 1 is 1.36 bits per heavy atom. The Balaban J connectivity index is 1.87. The van der Waals surface area contributed by atoms with Crippen LogP contribution in [0.15, 0.2) is 35.5 Å². The predicted octanol–water partition coefficient (Wildman–Crippen LogP) is 2.00. The zero-order valence-electron chi connectivity index (χ0n) is 13.1. The monoisotopic (exact) mass is 319 g/mol. The maximum Gasteiger partial charge on any atom is 0.233 e. The molecule has 1 aromatic heterocycles. The van der Waals surface area contributed by atoms with Gasteiger partial charge in [-0.2, -0.15) is 0 Å². The summed E-state index contributed by atoms with van der Waals surface area (Å²) in [5, 5.41) is 14.6. The van der Waals surface area contributed by atoms with E-state index in [0.29, 0.717) is 17.6 Å². The SMILES string of the molecule is CC[C@@H](CNC(=O)[C@@H](C)Sc1nnnn1C)c1ccccc1. The van der Waals surface area contributed by atoms with Crippen LogP contribution in [-0.4, -0.2) is 37.9 Å². The first-order chi connectivity index (χ1) is 10.6. The van der Waals surface area contributed by atoms with Crippen LogP contribution in [0.4, 0.5) is 0 Å². The first kappa shape index (κ1) is 16.5. The van der Waals surface area contributed by atoms with Gasteiger partial charge in [-0.3, -0.25) is 4.79 Å². The van der Waals surface area contributed by atoms with Crippen molar-refractivity contribution >= 4 is 17.7 Å². The summed E-state index contributed by atoms with van der Waals surface area (Å²) in [6, 6.07) is 10.3. The minimum atomic E-state index is -0.238. The molecule has 118 valence electrons. The lowest BCUT2D eigenvalue weighted by Gasteiger charge is -2.18. The standard InChI is InChI=1S/C15H21N5OS/c1-4-12(13-8-6-5-7-9-13)10-16-14(21)11(2)22-15-17-18-19-20(15)3/h5-9,11-12H,4,10H2,1-3H3,(H,16,21)/t11-,12+/m1/s1. The van der Waals surface area contributed by atoms with Crippen LogP contribution in [-0.2, 0) is 11.8 Å². The van der Waals surface area contributed by atoms with Crippen LogP contribution in [0.3, 0.4) is 0 Å². The van der Waals surface area contributed by atoms with Crippen molar-refractivity contribution < 1.29 is 4.79 Å². The lowest BCUT2D eigenvalue weighted by atomic mass is 9.96. The van der Waals surface area contributed by atoms with Gasteiger partial charge in [0.2, 0.25) is 11.1 Å². The van der Waals surface area contributed by atoms with E-state index in [2.05, 4.69) is 39.9 Å². The average molecular weight is 319 g/mol. The molecule has 0 aliphatic rings. The fraction of sp³-hybridized carbons (Fsp3) is 0.467. The molecular formula is C15H21N5OS. The Morgan fingerprint density at radius 3 is 2.68 bits per heavy atom. The fourth-order valence-corrected chi connectivity index (χ4v) is 2.90. The quantitative estimate of drug-likeness (QED) is 0.790. The zero-order valence-corrected chi connectivity index (χ0v) is 13.9. The van der Waals surface area contributed by atoms with Crippen LogP contribution in [0.1, 0.15) is 31.7 Å². The van der Waals surface area contributed by atoms with E-state index < -0.39 is 0 Å². The van der Waals surface area contributed by atoms with Crippen LogP contribution >= 0.6 is 11.8 Å². The third-order valence-corrected chi connectivity index (χ3v) is 4.64. The second kappa shape index (κ2) is 7.93. The highest BCUT2D eigenvalue weighted by atomic mass is 32.2. The minimum Gasteiger partial charge on any atom is -0.355 e. The van der Waals surface area contributed by atoms with Crippen LogP contribution in [0.5, 0.6) is 0 Å². The van der Waals surface area contributed by atoms with Gasteiger partial charge < -0.3 is 5.32 Å². The Bertz CT molecular complexity index is 601. The van der Waals surface area contributed by atoms with Gasteiger partial charge in [0.1, 0.15) is 0 Å². The lowest BCUT2D eigenvalue weighted by molar-refractivity contribution is -0.120. The van der Waals surface area contributed by atoms with Gasteiger partial charge in [0.05, 0.1) is 5.25 Å². The van der Waals surface area contributed by atoms with E-state index in [1.165, 1.54) is 17.3 Å². The molecule has 0 saturated heterocycles. The van der Waals surface area contributed by atoms with Gasteiger partial charge in [-0.15, -0.1) is 5.10 Å². The van der Waals surface area contributed by atoms with Crippen molar-refractivity contribution in [2.45, 2.75) is 36.6 Å². The van der Waals surface area contributed by atoms with Crippen molar-refractivity contribution in [3.05, 3.63) is 35.9 Å². The zero-order chi connectivity index (χ0) is 15.9. The summed E-state index contributed by atoms with van der Waals surface area (Å²) >= 11 is 1.35. The predicted molar refractivity (Wildman–Crippen MR) is 86.6 cm³/mol. The maximum absolute atomic E-state index is 12.2. The van der Waals surface area contributed by atoms with Gasteiger partial charge in [0.15, 0.2) is 0 Å². The number of aryl methyl sites for hydroxylation is 1. The first-order valence-corrected chi connectivity index (χ1v) is 8.21. The summed E-state index contributed by atoms with van der Waals surface area (Å²) in [6.45, 7) is 4.63. The smallest absolute Gasteiger partial charge is 0.233 e. The first-order valence-electron chi connectivity index (χ1n) is 7.33. The number of amides is 1. The second-order valence-electron chi connectivity index (χ2n) is 5.11. The molecule has 0 radical (unpaired) electrons. The highest BCUT2D eigenvalue weighted by Gasteiger charge is 2.18. The van der Waals surface area contributed by atoms with Gasteiger partial charge in [0.25, 0.3) is 0 Å². The Hall–Kier alpha value is -1.89. The van der Waals surface area contributed by atoms with Crippen molar-refractivity contribution in [1.82, 2.24) is 25.5 Å². The molecule has 1 heterocycles. The van der Waals surface area contributed by atoms with Gasteiger partial charge in [-0.1, -0.05) is 49.0 Å². The van der Waals surface area contributed by atoms with Crippen LogP contribution in [0, 0.1) is 0 Å². The number of rotatable bonds is 7. The van der Waals surface area contributed by atoms with Crippen LogP contribution in [0.2, 0.25) is 0 Å². The summed E-state index contributed by atoms with van der Waals surface area (Å²) in [6.07, 6.45) is 0.985. The van der Waals surface area contributed by atoms with Crippen molar-refractivity contribution in [1.29, 1.82) is 0 Å². The van der Waals surface area contributed by atoms with E-state index in [1.807, 2.05) is 25.1 Å². The van der Waals surface area contributed by atoms with Crippen molar-refractivity contribution in [2.24, 2.45) is 7.05 Å². The van der Waals surface area contributed by atoms with Crippen LogP contribution in [0.25, 0.3) is 0 Å². The second-order valence-corrected chi connectivity index (χ2v) is 6.41. The van der Waals surface area contributed by atoms with E-state index in [1.54, 1.807) is 11.7 Å². The largest absolute Gasteiger partial charge is 0.355 e. The van der Waals surface area contributed by atoms with E-state index in [9.17, 15) is 4.79 Å². The molecule has 2 aromatic rings. The molecule has 2 atom stereocenters. The summed E-state index contributed by atoms with van der Waals surface area (Å²) in [7, 11) is 1.76. The van der Waals surface area contributed by atoms with Gasteiger partial charge in [-0.05, 0) is 29.3 Å². The highest BCUT2D eigenvalue weighted by molar-refractivity contribution is 8.00. The molecule has 0 fully saturated rings. The molecule has 0 aliphatic carbocycles. The Kier molecular flexibility index (Phi) is 5.94. The highest BCUT2D eigenvalue weighted by Crippen LogP contribution is 2.21. The third kappa shape index (κ3) is 4.30. The molecule has 1 aromatic carbocycles. The molecule has 0 saturated carbocycles. The summed E-state index contributed by atoms with van der Waals surface area (Å²) < 4.78 is 1.56. The van der Waals surface area contributed by atoms with Crippen molar-refractivity contribution in [3.63, 3.8) is 0 Å². The normalized spacial score (nSPS) is 13.6. The number of thioether (sulfide) groups is 1. The van der Waals surface area contributed by atoms with Gasteiger partial charge >= 0.3 is 0 Å². The van der Waals surface area contributed by atoms with Crippen molar-refractivity contribution in [3.8, 4) is 0 Å². The molecule has 6 nitrogen and oxygen atoms in total. The van der Waals surface area contributed by atoms with E-state index in [-0.39, 0.29) is 11.2 Å². The van der Waals surface area contributed by atoms with Crippen LogP contribution < -0.4 is 5.32 Å². The molecular weight excluding hydrogens is 298 g/mol. The minimum absolute atomic E-state index is 0.00220. The number of benzene rings is 1. The number of hydrogen-bond donors (Lipinski definition) is 1. The Labute approximate surface area is 134 Å². The summed E-state index contributed by atoms with van der Waals surface area (Å²) in [5.74, 6) is 0.334. The lowest BCUT2D eigenvalue weighted by Crippen LogP contribution is -2.34. The van der Waals surface area contributed by atoms with E-state index in [4.69, 9.17) is 0 Å². The molecule has 0 spiro atoms. The van der Waals surface area contributed by atoms with Gasteiger partial charge in [-0.25, -0.2) is 4.68 Å². The van der Waals surface area contributed by atoms with E-state index in [0.717, 1.165) is 6.42 Å². The Morgan fingerprint density at radius 2 is 2.09 bits per heavy atom. The number of hydrogen-bond acceptors (Lipinski definition) is 5. The molecule has 1 N–H and O–H groups in total. The van der Waals surface area contributed by atoms with E-state index >= 15 is 0 Å². The molecule has 0 bridgehead atoms. The average Bonchev–Trinajstić information content (AvgIpc) is 2.94. The maximum atomic E-state index is 12.2. The molecule has 0 aliphatic heterocycles. The molecule has 7 heteroatoms. The molecule has 1 amide bonds. The molecule has 2 rings (SSSR count). The number of carbonyl (C=O) groups excluding carboxylic acids is 1. The number of nitrogens with one attached hydrogen (secondary N) is 1. The fourth-order valence-electron chi connectivity index (χ4n) is 2.12. The molecule has 0 unspecified atom stereocenters. The summed E-state index contributed by atoms with van der Waals surface area (Å²) in [5.41, 5.74) is 1.25. The topological polar surface area (TPSA) is 72.7 Å². The number of tetrazole rings is 1. The number of nitrogens with zero attached hydrogens (tertiary/aromatic N) is 4. The summed E-state index contributed by atoms with van der Waals surface area (Å²) in [4.78, 5) is 12.2. The van der Waals surface area contributed by atoms with Gasteiger partial charge in [0, 0.05) is 19.5 Å². The number of carbonyl (C=O) groups is 1. The third-order valence-electron chi connectivity index (χ3n) is 3.52.